The van der Waals surface area contributed by atoms with Crippen molar-refractivity contribution in [2.24, 2.45) is 0 Å². The average molecular weight is 1010 g/mol. The lowest BCUT2D eigenvalue weighted by molar-refractivity contribution is -0.312. The van der Waals surface area contributed by atoms with Crippen molar-refractivity contribution >= 4 is 58.9 Å². The summed E-state index contributed by atoms with van der Waals surface area (Å²) < 4.78 is 46.6. The lowest BCUT2D eigenvalue weighted by atomic mass is 9.97. The van der Waals surface area contributed by atoms with Crippen LogP contribution < -0.4 is 0 Å². The highest BCUT2D eigenvalue weighted by atomic mass is 16.7. The average Bonchev–Trinajstić information content (AvgIpc) is 3.31. The molecular formula is C53H86O18. The summed E-state index contributed by atoms with van der Waals surface area (Å²) in [4.78, 5) is 126. The summed E-state index contributed by atoms with van der Waals surface area (Å²) in [6.45, 7) is 7.78. The second-order valence-electron chi connectivity index (χ2n) is 18.7. The SMILES string of the molecule is CCCCCCCCCCCC(=O)OCC(CO[C@@H]1O[C@H](COC(=O)CCC(C)=O)[C@H](OC(=O)CCC(C)=O)[C@H](OC(=O)CCC(C)=O)[C@H]1OC(=O)CCC(C)=O)OC(=O)CCCCCCCCCCC. The number of carbonyl (C=O) groups excluding carboxylic acids is 10. The molecule has 1 rings (SSSR count). The number of hydrogen-bond donors (Lipinski definition) is 0. The van der Waals surface area contributed by atoms with E-state index in [0.29, 0.717) is 12.8 Å². The molecule has 0 spiro atoms. The van der Waals surface area contributed by atoms with Crippen molar-refractivity contribution in [3.05, 3.63) is 0 Å². The van der Waals surface area contributed by atoms with E-state index in [4.69, 9.17) is 37.9 Å². The molecule has 0 aromatic rings. The molecule has 1 unspecified atom stereocenters. The van der Waals surface area contributed by atoms with Gasteiger partial charge < -0.3 is 57.1 Å². The first-order valence-electron chi connectivity index (χ1n) is 26.3. The molecule has 0 aliphatic carbocycles. The van der Waals surface area contributed by atoms with E-state index in [-0.39, 0.29) is 68.1 Å². The molecule has 18 heteroatoms. The van der Waals surface area contributed by atoms with Crippen LogP contribution in [0.1, 0.15) is 221 Å². The van der Waals surface area contributed by atoms with Crippen molar-refractivity contribution in [2.75, 3.05) is 19.8 Å². The number of esters is 6. The van der Waals surface area contributed by atoms with Gasteiger partial charge in [-0.3, -0.25) is 28.8 Å². The summed E-state index contributed by atoms with van der Waals surface area (Å²) in [5.41, 5.74) is 0. The van der Waals surface area contributed by atoms with Crippen LogP contribution in [0.4, 0.5) is 0 Å². The van der Waals surface area contributed by atoms with E-state index in [1.54, 1.807) is 0 Å². The first kappa shape index (κ1) is 64.4. The van der Waals surface area contributed by atoms with Gasteiger partial charge >= 0.3 is 35.8 Å². The van der Waals surface area contributed by atoms with Crippen molar-refractivity contribution in [1.29, 1.82) is 0 Å². The lowest BCUT2D eigenvalue weighted by Crippen LogP contribution is -2.63. The third kappa shape index (κ3) is 33.7. The minimum Gasteiger partial charge on any atom is -0.463 e. The first-order chi connectivity index (χ1) is 33.9. The van der Waals surface area contributed by atoms with E-state index in [1.165, 1.54) is 79.1 Å². The Morgan fingerprint density at radius 3 is 1.18 bits per heavy atom. The van der Waals surface area contributed by atoms with Crippen LogP contribution in [0.2, 0.25) is 0 Å². The van der Waals surface area contributed by atoms with Crippen molar-refractivity contribution < 1.29 is 85.8 Å². The summed E-state index contributed by atoms with van der Waals surface area (Å²) in [5, 5.41) is 0. The summed E-state index contributed by atoms with van der Waals surface area (Å²) in [7, 11) is 0. The summed E-state index contributed by atoms with van der Waals surface area (Å²) in [6, 6.07) is 0. The molecule has 0 aromatic heterocycles. The van der Waals surface area contributed by atoms with Gasteiger partial charge in [0.2, 0.25) is 0 Å². The smallest absolute Gasteiger partial charge is 0.306 e. The number of unbranched alkanes of at least 4 members (excludes halogenated alkanes) is 16. The van der Waals surface area contributed by atoms with Gasteiger partial charge in [0.05, 0.1) is 32.3 Å². The lowest BCUT2D eigenvalue weighted by Gasteiger charge is -2.44. The Bertz CT molecular complexity index is 1630. The van der Waals surface area contributed by atoms with Gasteiger partial charge in [0.1, 0.15) is 42.5 Å². The third-order valence-corrected chi connectivity index (χ3v) is 11.7. The number of carbonyl (C=O) groups is 10. The van der Waals surface area contributed by atoms with Gasteiger partial charge in [-0.05, 0) is 40.5 Å². The number of ether oxygens (including phenoxy) is 8. The van der Waals surface area contributed by atoms with Crippen molar-refractivity contribution in [1.82, 2.24) is 0 Å². The van der Waals surface area contributed by atoms with Gasteiger partial charge in [-0.25, -0.2) is 0 Å². The predicted octanol–water partition coefficient (Wildman–Crippen LogP) is 8.78. The monoisotopic (exact) mass is 1010 g/mol. The van der Waals surface area contributed by atoms with E-state index in [1.807, 2.05) is 0 Å². The Morgan fingerprint density at radius 2 is 0.746 bits per heavy atom. The molecule has 1 saturated heterocycles. The zero-order valence-electron chi connectivity index (χ0n) is 43.7. The minimum absolute atomic E-state index is 0.0705. The largest absolute Gasteiger partial charge is 0.463 e. The van der Waals surface area contributed by atoms with Gasteiger partial charge in [0, 0.05) is 38.5 Å². The molecule has 71 heavy (non-hydrogen) atoms. The normalized spacial score (nSPS) is 17.9. The second-order valence-corrected chi connectivity index (χ2v) is 18.7. The molecule has 1 fully saturated rings. The summed E-state index contributed by atoms with van der Waals surface area (Å²) in [6.07, 6.45) is 6.66. The van der Waals surface area contributed by atoms with Crippen LogP contribution in [0.5, 0.6) is 0 Å². The Kier molecular flexibility index (Phi) is 36.3. The van der Waals surface area contributed by atoms with Crippen LogP contribution in [0, 0.1) is 0 Å². The van der Waals surface area contributed by atoms with Crippen LogP contribution in [-0.2, 0) is 85.8 Å². The molecule has 0 N–H and O–H groups in total. The van der Waals surface area contributed by atoms with Gasteiger partial charge in [0.25, 0.3) is 0 Å². The Labute approximate surface area is 421 Å². The number of hydrogen-bond acceptors (Lipinski definition) is 18. The molecule has 1 aliphatic rings. The summed E-state index contributed by atoms with van der Waals surface area (Å²) in [5.74, 6) is -6.18. The van der Waals surface area contributed by atoms with Crippen molar-refractivity contribution in [2.45, 2.75) is 258 Å². The molecule has 0 bridgehead atoms. The van der Waals surface area contributed by atoms with Crippen LogP contribution in [0.3, 0.4) is 0 Å². The molecular weight excluding hydrogens is 925 g/mol. The van der Waals surface area contributed by atoms with Crippen LogP contribution >= 0.6 is 0 Å². The fourth-order valence-corrected chi connectivity index (χ4v) is 7.52. The van der Waals surface area contributed by atoms with E-state index >= 15 is 0 Å². The van der Waals surface area contributed by atoms with E-state index in [0.717, 1.165) is 51.4 Å². The second kappa shape index (κ2) is 40.0. The molecule has 0 radical (unpaired) electrons. The molecule has 0 saturated carbocycles. The number of ketones is 4. The molecule has 406 valence electrons. The molecule has 0 aromatic carbocycles. The Hall–Kier alpha value is -4.58. The number of Topliss-reactive ketones (excluding diaryl/α,β-unsaturated/α-hetero) is 4. The fourth-order valence-electron chi connectivity index (χ4n) is 7.52. The maximum atomic E-state index is 13.4. The maximum Gasteiger partial charge on any atom is 0.306 e. The highest BCUT2D eigenvalue weighted by molar-refractivity contribution is 5.83. The van der Waals surface area contributed by atoms with E-state index in [9.17, 15) is 47.9 Å². The molecule has 18 nitrogen and oxygen atoms in total. The topological polar surface area (TPSA) is 245 Å². The Morgan fingerprint density at radius 1 is 0.380 bits per heavy atom. The van der Waals surface area contributed by atoms with Gasteiger partial charge in [0.15, 0.2) is 30.7 Å². The van der Waals surface area contributed by atoms with Gasteiger partial charge in [-0.2, -0.15) is 0 Å². The number of rotatable bonds is 43. The van der Waals surface area contributed by atoms with E-state index in [2.05, 4.69) is 13.8 Å². The predicted molar refractivity (Wildman–Crippen MR) is 259 cm³/mol. The maximum absolute atomic E-state index is 13.4. The van der Waals surface area contributed by atoms with Crippen LogP contribution in [0.25, 0.3) is 0 Å². The molecule has 1 aliphatic heterocycles. The quantitative estimate of drug-likeness (QED) is 0.0314. The van der Waals surface area contributed by atoms with Crippen molar-refractivity contribution in [3.63, 3.8) is 0 Å². The first-order valence-corrected chi connectivity index (χ1v) is 26.3. The Balaban J connectivity index is 3.55. The standard InChI is InChI=1S/C53H86O18/c1-7-9-11-13-15-17-19-21-23-25-44(58)64-35-42(67-46(60)26-24-22-20-18-16-14-12-10-8-2)36-66-53-52(71-49(63)34-30-41(6)57)51(70-48(62)33-29-40(5)56)50(69-47(61)32-28-39(4)55)43(68-53)37-65-45(59)31-27-38(3)54/h42-43,50-53H,7-37H2,1-6H3/t42?,43-,50+,51+,52-,53-/m1/s1. The zero-order valence-corrected chi connectivity index (χ0v) is 43.7. The highest BCUT2D eigenvalue weighted by Gasteiger charge is 2.53. The van der Waals surface area contributed by atoms with Crippen molar-refractivity contribution in [3.8, 4) is 0 Å². The van der Waals surface area contributed by atoms with Crippen LogP contribution in [-0.4, -0.2) is 116 Å². The van der Waals surface area contributed by atoms with Gasteiger partial charge in [-0.1, -0.05) is 117 Å². The third-order valence-electron chi connectivity index (χ3n) is 11.7. The minimum atomic E-state index is -1.78. The van der Waals surface area contributed by atoms with E-state index < -0.39 is 112 Å². The molecule has 1 heterocycles. The van der Waals surface area contributed by atoms with Gasteiger partial charge in [-0.15, -0.1) is 0 Å². The molecule has 0 amide bonds. The highest BCUT2D eigenvalue weighted by Crippen LogP contribution is 2.31. The van der Waals surface area contributed by atoms with Crippen LogP contribution in [0.15, 0.2) is 0 Å². The fraction of sp³-hybridized carbons (Fsp3) is 0.811. The zero-order chi connectivity index (χ0) is 52.8. The molecule has 6 atom stereocenters. The summed E-state index contributed by atoms with van der Waals surface area (Å²) >= 11 is 0.